The van der Waals surface area contributed by atoms with Crippen molar-refractivity contribution < 1.29 is 13.5 Å². The van der Waals surface area contributed by atoms with Crippen molar-refractivity contribution in [1.82, 2.24) is 0 Å². The molecule has 0 aliphatic rings. The summed E-state index contributed by atoms with van der Waals surface area (Å²) in [5, 5.41) is 0. The molecule has 0 radical (unpaired) electrons. The number of methoxy groups -OCH3 is 1. The number of benzene rings is 1. The predicted molar refractivity (Wildman–Crippen MR) is 54.9 cm³/mol. The van der Waals surface area contributed by atoms with Gasteiger partial charge in [-0.3, -0.25) is 0 Å². The fourth-order valence-corrected chi connectivity index (χ4v) is 1.39. The maximum absolute atomic E-state index is 13.1. The number of ether oxygens (including phenoxy) is 1. The van der Waals surface area contributed by atoms with Gasteiger partial charge in [-0.1, -0.05) is 0 Å². The van der Waals surface area contributed by atoms with Crippen LogP contribution in [0.5, 0.6) is 5.75 Å². The van der Waals surface area contributed by atoms with Crippen molar-refractivity contribution in [2.75, 3.05) is 7.11 Å². The Hall–Kier alpha value is -1.16. The van der Waals surface area contributed by atoms with Crippen molar-refractivity contribution in [3.8, 4) is 5.75 Å². The van der Waals surface area contributed by atoms with Crippen molar-refractivity contribution in [2.45, 2.75) is 25.8 Å². The van der Waals surface area contributed by atoms with Crippen molar-refractivity contribution in [3.05, 3.63) is 29.3 Å². The van der Waals surface area contributed by atoms with E-state index in [0.29, 0.717) is 12.0 Å². The van der Waals surface area contributed by atoms with Crippen LogP contribution in [0.3, 0.4) is 0 Å². The van der Waals surface area contributed by atoms with Crippen molar-refractivity contribution in [3.63, 3.8) is 0 Å². The Kier molecular flexibility index (Phi) is 3.29. The van der Waals surface area contributed by atoms with Crippen LogP contribution in [-0.4, -0.2) is 12.6 Å². The summed E-state index contributed by atoms with van der Waals surface area (Å²) in [4.78, 5) is 0. The Morgan fingerprint density at radius 1 is 1.33 bits per heavy atom. The number of nitrogens with two attached hydrogens (primary N) is 1. The molecule has 0 spiro atoms. The number of halogens is 2. The third-order valence-corrected chi connectivity index (χ3v) is 1.93. The molecule has 0 unspecified atom stereocenters. The Morgan fingerprint density at radius 2 is 1.93 bits per heavy atom. The summed E-state index contributed by atoms with van der Waals surface area (Å²) in [5.74, 6) is -1.96. The maximum Gasteiger partial charge on any atom is 0.200 e. The molecule has 0 fully saturated rings. The van der Waals surface area contributed by atoms with Gasteiger partial charge in [0.2, 0.25) is 5.82 Å². The van der Waals surface area contributed by atoms with Crippen molar-refractivity contribution >= 4 is 0 Å². The molecule has 0 bridgehead atoms. The molecule has 0 saturated heterocycles. The van der Waals surface area contributed by atoms with Gasteiger partial charge in [-0.25, -0.2) is 4.39 Å². The van der Waals surface area contributed by atoms with Gasteiger partial charge in [0.25, 0.3) is 0 Å². The SMILES string of the molecule is COc1cc(CC(C)(C)N)cc(F)c1F. The minimum Gasteiger partial charge on any atom is -0.494 e. The molecule has 0 saturated carbocycles. The highest BCUT2D eigenvalue weighted by molar-refractivity contribution is 5.32. The van der Waals surface area contributed by atoms with E-state index in [1.807, 2.05) is 13.8 Å². The zero-order valence-corrected chi connectivity index (χ0v) is 9.10. The Balaban J connectivity index is 3.06. The third-order valence-electron chi connectivity index (χ3n) is 1.93. The highest BCUT2D eigenvalue weighted by Gasteiger charge is 2.16. The molecule has 2 N–H and O–H groups in total. The molecule has 0 heterocycles. The van der Waals surface area contributed by atoms with Crippen LogP contribution < -0.4 is 10.5 Å². The van der Waals surface area contributed by atoms with E-state index in [9.17, 15) is 8.78 Å². The monoisotopic (exact) mass is 215 g/mol. The zero-order chi connectivity index (χ0) is 11.6. The molecule has 4 heteroatoms. The number of hydrogen-bond donors (Lipinski definition) is 1. The molecule has 0 aliphatic heterocycles. The lowest BCUT2D eigenvalue weighted by molar-refractivity contribution is 0.370. The molecule has 84 valence electrons. The minimum absolute atomic E-state index is 0.0887. The van der Waals surface area contributed by atoms with Gasteiger partial charge in [0.15, 0.2) is 11.6 Å². The molecule has 1 rings (SSSR count). The van der Waals surface area contributed by atoms with Crippen molar-refractivity contribution in [1.29, 1.82) is 0 Å². The topological polar surface area (TPSA) is 35.2 Å². The van der Waals surface area contributed by atoms with Crippen LogP contribution in [0.15, 0.2) is 12.1 Å². The third kappa shape index (κ3) is 3.16. The summed E-state index contributed by atoms with van der Waals surface area (Å²) in [7, 11) is 1.30. The average molecular weight is 215 g/mol. The quantitative estimate of drug-likeness (QED) is 0.839. The highest BCUT2D eigenvalue weighted by atomic mass is 19.2. The Labute approximate surface area is 88.0 Å². The summed E-state index contributed by atoms with van der Waals surface area (Å²) in [5.41, 5.74) is 5.95. The van der Waals surface area contributed by atoms with E-state index in [0.717, 1.165) is 6.07 Å². The van der Waals surface area contributed by atoms with E-state index < -0.39 is 17.2 Å². The first-order chi connectivity index (χ1) is 6.83. The average Bonchev–Trinajstić information content (AvgIpc) is 2.08. The Morgan fingerprint density at radius 3 is 2.40 bits per heavy atom. The standard InChI is InChI=1S/C11H15F2NO/c1-11(2,14)6-7-4-8(12)10(13)9(5-7)15-3/h4-5H,6,14H2,1-3H3. The minimum atomic E-state index is -0.962. The summed E-state index contributed by atoms with van der Waals surface area (Å²) >= 11 is 0. The van der Waals surface area contributed by atoms with E-state index in [-0.39, 0.29) is 5.75 Å². The van der Waals surface area contributed by atoms with Crippen LogP contribution in [0.25, 0.3) is 0 Å². The second kappa shape index (κ2) is 4.14. The summed E-state index contributed by atoms with van der Waals surface area (Å²) in [6.45, 7) is 3.64. The van der Waals surface area contributed by atoms with Gasteiger partial charge in [0.05, 0.1) is 7.11 Å². The van der Waals surface area contributed by atoms with E-state index in [1.54, 1.807) is 0 Å². The lowest BCUT2D eigenvalue weighted by Crippen LogP contribution is -2.34. The highest BCUT2D eigenvalue weighted by Crippen LogP contribution is 2.23. The number of hydrogen-bond acceptors (Lipinski definition) is 2. The summed E-state index contributed by atoms with van der Waals surface area (Å²) in [6, 6.07) is 2.61. The lowest BCUT2D eigenvalue weighted by atomic mass is 9.96. The van der Waals surface area contributed by atoms with E-state index >= 15 is 0 Å². The first-order valence-corrected chi connectivity index (χ1v) is 4.64. The van der Waals surface area contributed by atoms with Gasteiger partial charge in [0, 0.05) is 5.54 Å². The van der Waals surface area contributed by atoms with Crippen LogP contribution >= 0.6 is 0 Å². The molecule has 1 aromatic rings. The summed E-state index contributed by atoms with van der Waals surface area (Å²) in [6.07, 6.45) is 0.459. The van der Waals surface area contributed by atoms with Gasteiger partial charge in [-0.15, -0.1) is 0 Å². The van der Waals surface area contributed by atoms with Crippen LogP contribution in [0.2, 0.25) is 0 Å². The molecule has 0 atom stereocenters. The van der Waals surface area contributed by atoms with Crippen LogP contribution in [0, 0.1) is 11.6 Å². The van der Waals surface area contributed by atoms with Gasteiger partial charge in [0.1, 0.15) is 0 Å². The van der Waals surface area contributed by atoms with Gasteiger partial charge in [-0.2, -0.15) is 4.39 Å². The molecule has 15 heavy (non-hydrogen) atoms. The van der Waals surface area contributed by atoms with E-state index in [4.69, 9.17) is 10.5 Å². The van der Waals surface area contributed by atoms with Crippen LogP contribution in [-0.2, 0) is 6.42 Å². The Bertz CT molecular complexity index is 358. The van der Waals surface area contributed by atoms with Gasteiger partial charge < -0.3 is 10.5 Å². The molecule has 0 aliphatic carbocycles. The van der Waals surface area contributed by atoms with Crippen LogP contribution in [0.4, 0.5) is 8.78 Å². The smallest absolute Gasteiger partial charge is 0.200 e. The van der Waals surface area contributed by atoms with Gasteiger partial charge in [-0.05, 0) is 38.0 Å². The first kappa shape index (κ1) is 11.9. The van der Waals surface area contributed by atoms with E-state index in [2.05, 4.69) is 0 Å². The first-order valence-electron chi connectivity index (χ1n) is 4.64. The molecule has 1 aromatic carbocycles. The second-order valence-electron chi connectivity index (χ2n) is 4.26. The fraction of sp³-hybridized carbons (Fsp3) is 0.455. The second-order valence-corrected chi connectivity index (χ2v) is 4.26. The number of rotatable bonds is 3. The lowest BCUT2D eigenvalue weighted by Gasteiger charge is -2.18. The molecule has 0 amide bonds. The largest absolute Gasteiger partial charge is 0.494 e. The molecule has 0 aromatic heterocycles. The maximum atomic E-state index is 13.1. The predicted octanol–water partition coefficient (Wildman–Crippen LogP) is 2.25. The molecular formula is C11H15F2NO. The normalized spacial score (nSPS) is 11.6. The van der Waals surface area contributed by atoms with E-state index in [1.165, 1.54) is 13.2 Å². The van der Waals surface area contributed by atoms with Gasteiger partial charge >= 0.3 is 0 Å². The molecular weight excluding hydrogens is 200 g/mol. The fourth-order valence-electron chi connectivity index (χ4n) is 1.39. The van der Waals surface area contributed by atoms with Crippen molar-refractivity contribution in [2.24, 2.45) is 5.73 Å². The van der Waals surface area contributed by atoms with Crippen LogP contribution in [0.1, 0.15) is 19.4 Å². The zero-order valence-electron chi connectivity index (χ0n) is 9.10. The molecule has 2 nitrogen and oxygen atoms in total. The summed E-state index contributed by atoms with van der Waals surface area (Å²) < 4.78 is 30.9.